The molecule has 0 spiro atoms. The molecule has 0 radical (unpaired) electrons. The molecule has 2 N–H and O–H groups in total. The number of hydrogen-bond acceptors (Lipinski definition) is 3. The van der Waals surface area contributed by atoms with Crippen molar-refractivity contribution in [3.05, 3.63) is 71.3 Å². The Morgan fingerprint density at radius 3 is 2.38 bits per heavy atom. The van der Waals surface area contributed by atoms with Crippen LogP contribution in [-0.2, 0) is 17.6 Å². The SMILES string of the molecule is O=C(O)c1ccc(CCN2C(=O)CCC2CCC(O)CCc2ccccc2)cc1. The van der Waals surface area contributed by atoms with Crippen molar-refractivity contribution in [1.29, 1.82) is 0 Å². The molecule has 1 heterocycles. The van der Waals surface area contributed by atoms with Gasteiger partial charge >= 0.3 is 5.97 Å². The van der Waals surface area contributed by atoms with E-state index in [9.17, 15) is 14.7 Å². The molecule has 1 saturated heterocycles. The van der Waals surface area contributed by atoms with Crippen LogP contribution in [0.4, 0.5) is 0 Å². The average molecular weight is 395 g/mol. The predicted octanol–water partition coefficient (Wildman–Crippen LogP) is 3.69. The summed E-state index contributed by atoms with van der Waals surface area (Å²) in [5.74, 6) is -0.756. The molecule has 3 rings (SSSR count). The van der Waals surface area contributed by atoms with Gasteiger partial charge in [-0.05, 0) is 61.8 Å². The lowest BCUT2D eigenvalue weighted by Crippen LogP contribution is -2.35. The van der Waals surface area contributed by atoms with E-state index in [-0.39, 0.29) is 23.6 Å². The number of nitrogens with zero attached hydrogens (tertiary/aromatic N) is 1. The minimum absolute atomic E-state index is 0.177. The van der Waals surface area contributed by atoms with E-state index in [1.165, 1.54) is 5.56 Å². The lowest BCUT2D eigenvalue weighted by Gasteiger charge is -2.26. The predicted molar refractivity (Wildman–Crippen MR) is 112 cm³/mol. The number of aromatic carboxylic acids is 1. The highest BCUT2D eigenvalue weighted by Gasteiger charge is 2.30. The van der Waals surface area contributed by atoms with Crippen molar-refractivity contribution in [2.24, 2.45) is 0 Å². The van der Waals surface area contributed by atoms with Crippen LogP contribution >= 0.6 is 0 Å². The maximum Gasteiger partial charge on any atom is 0.335 e. The molecule has 2 unspecified atom stereocenters. The Balaban J connectivity index is 1.45. The molecule has 5 heteroatoms. The van der Waals surface area contributed by atoms with Gasteiger partial charge in [0.2, 0.25) is 5.91 Å². The van der Waals surface area contributed by atoms with E-state index < -0.39 is 5.97 Å². The van der Waals surface area contributed by atoms with E-state index in [2.05, 4.69) is 12.1 Å². The Hall–Kier alpha value is -2.66. The minimum Gasteiger partial charge on any atom is -0.478 e. The van der Waals surface area contributed by atoms with Gasteiger partial charge in [-0.2, -0.15) is 0 Å². The second-order valence-corrected chi connectivity index (χ2v) is 7.79. The van der Waals surface area contributed by atoms with Crippen LogP contribution in [-0.4, -0.2) is 45.7 Å². The molecule has 2 aromatic carbocycles. The number of amides is 1. The molecule has 29 heavy (non-hydrogen) atoms. The molecule has 5 nitrogen and oxygen atoms in total. The van der Waals surface area contributed by atoms with E-state index in [0.29, 0.717) is 25.8 Å². The molecular weight excluding hydrogens is 366 g/mol. The minimum atomic E-state index is -0.933. The van der Waals surface area contributed by atoms with Gasteiger partial charge in [0.25, 0.3) is 0 Å². The summed E-state index contributed by atoms with van der Waals surface area (Å²) in [5, 5.41) is 19.3. The van der Waals surface area contributed by atoms with Crippen LogP contribution in [0.2, 0.25) is 0 Å². The number of hydrogen-bond donors (Lipinski definition) is 2. The van der Waals surface area contributed by atoms with E-state index in [4.69, 9.17) is 5.11 Å². The number of rotatable bonds is 10. The lowest BCUT2D eigenvalue weighted by molar-refractivity contribution is -0.129. The fourth-order valence-corrected chi connectivity index (χ4v) is 3.97. The molecule has 0 aliphatic carbocycles. The summed E-state index contributed by atoms with van der Waals surface area (Å²) in [5.41, 5.74) is 2.53. The third-order valence-corrected chi connectivity index (χ3v) is 5.74. The highest BCUT2D eigenvalue weighted by molar-refractivity contribution is 5.87. The molecule has 1 aliphatic rings. The number of aryl methyl sites for hydroxylation is 1. The Morgan fingerprint density at radius 1 is 1.00 bits per heavy atom. The standard InChI is InChI=1S/C24H29NO4/c26-22(13-8-18-4-2-1-3-5-18)14-11-21-12-15-23(27)25(21)17-16-19-6-9-20(10-7-19)24(28)29/h1-7,9-10,21-22,26H,8,11-17H2,(H,28,29). The Bertz CT molecular complexity index is 803. The maximum absolute atomic E-state index is 12.3. The number of carbonyl (C=O) groups is 2. The molecular formula is C24H29NO4. The summed E-state index contributed by atoms with van der Waals surface area (Å²) in [6.07, 6.45) is 4.90. The van der Waals surface area contributed by atoms with Crippen molar-refractivity contribution in [3.63, 3.8) is 0 Å². The quantitative estimate of drug-likeness (QED) is 0.643. The van der Waals surface area contributed by atoms with Gasteiger partial charge in [-0.25, -0.2) is 4.79 Å². The molecule has 0 aromatic heterocycles. The third-order valence-electron chi connectivity index (χ3n) is 5.74. The smallest absolute Gasteiger partial charge is 0.335 e. The Morgan fingerprint density at radius 2 is 1.69 bits per heavy atom. The van der Waals surface area contributed by atoms with E-state index in [0.717, 1.165) is 31.2 Å². The van der Waals surface area contributed by atoms with Crippen molar-refractivity contribution in [3.8, 4) is 0 Å². The average Bonchev–Trinajstić information content (AvgIpc) is 3.09. The van der Waals surface area contributed by atoms with Crippen molar-refractivity contribution in [1.82, 2.24) is 4.90 Å². The van der Waals surface area contributed by atoms with Crippen LogP contribution in [0.3, 0.4) is 0 Å². The van der Waals surface area contributed by atoms with Crippen molar-refractivity contribution in [2.75, 3.05) is 6.54 Å². The third kappa shape index (κ3) is 6.16. The fraction of sp³-hybridized carbons (Fsp3) is 0.417. The number of benzene rings is 2. The number of aliphatic hydroxyl groups excluding tert-OH is 1. The highest BCUT2D eigenvalue weighted by Crippen LogP contribution is 2.24. The van der Waals surface area contributed by atoms with Crippen LogP contribution in [0.1, 0.15) is 53.6 Å². The van der Waals surface area contributed by atoms with E-state index >= 15 is 0 Å². The van der Waals surface area contributed by atoms with Crippen LogP contribution in [0.15, 0.2) is 54.6 Å². The summed E-state index contributed by atoms with van der Waals surface area (Å²) in [6, 6.07) is 17.2. The highest BCUT2D eigenvalue weighted by atomic mass is 16.4. The zero-order valence-electron chi connectivity index (χ0n) is 16.7. The molecule has 0 saturated carbocycles. The van der Waals surface area contributed by atoms with E-state index in [1.54, 1.807) is 12.1 Å². The first-order chi connectivity index (χ1) is 14.0. The summed E-state index contributed by atoms with van der Waals surface area (Å²) in [6.45, 7) is 0.635. The number of carboxylic acid groups (broad SMARTS) is 1. The lowest BCUT2D eigenvalue weighted by atomic mass is 10.0. The first-order valence-corrected chi connectivity index (χ1v) is 10.4. The van der Waals surface area contributed by atoms with Crippen molar-refractivity contribution < 1.29 is 19.8 Å². The van der Waals surface area contributed by atoms with E-state index in [1.807, 2.05) is 35.2 Å². The normalized spacial score (nSPS) is 17.5. The summed E-state index contributed by atoms with van der Waals surface area (Å²) >= 11 is 0. The number of aliphatic hydroxyl groups is 1. The monoisotopic (exact) mass is 395 g/mol. The first-order valence-electron chi connectivity index (χ1n) is 10.4. The van der Waals surface area contributed by atoms with Gasteiger partial charge in [0.15, 0.2) is 0 Å². The maximum atomic E-state index is 12.3. The first kappa shape index (κ1) is 21.1. The van der Waals surface area contributed by atoms with Crippen molar-refractivity contribution >= 4 is 11.9 Å². The fourth-order valence-electron chi connectivity index (χ4n) is 3.97. The zero-order valence-corrected chi connectivity index (χ0v) is 16.7. The van der Waals surface area contributed by atoms with Gasteiger partial charge in [-0.1, -0.05) is 42.5 Å². The molecule has 1 aliphatic heterocycles. The van der Waals surface area contributed by atoms with Crippen LogP contribution in [0.5, 0.6) is 0 Å². The van der Waals surface area contributed by atoms with Gasteiger partial charge < -0.3 is 15.1 Å². The second kappa shape index (κ2) is 10.2. The van der Waals surface area contributed by atoms with Crippen molar-refractivity contribution in [2.45, 2.75) is 57.1 Å². The molecule has 0 bridgehead atoms. The molecule has 2 aromatic rings. The summed E-state index contributed by atoms with van der Waals surface area (Å²) in [7, 11) is 0. The van der Waals surface area contributed by atoms with Crippen LogP contribution in [0, 0.1) is 0 Å². The van der Waals surface area contributed by atoms with Crippen LogP contribution < -0.4 is 0 Å². The van der Waals surface area contributed by atoms with Gasteiger partial charge in [0.1, 0.15) is 0 Å². The zero-order chi connectivity index (χ0) is 20.6. The largest absolute Gasteiger partial charge is 0.478 e. The van der Waals surface area contributed by atoms with Gasteiger partial charge in [-0.15, -0.1) is 0 Å². The topological polar surface area (TPSA) is 77.8 Å². The Labute approximate surface area is 172 Å². The van der Waals surface area contributed by atoms with Gasteiger partial charge in [-0.3, -0.25) is 4.79 Å². The molecule has 1 fully saturated rings. The number of carboxylic acids is 1. The second-order valence-electron chi connectivity index (χ2n) is 7.79. The van der Waals surface area contributed by atoms with Crippen LogP contribution in [0.25, 0.3) is 0 Å². The number of likely N-dealkylation sites (tertiary alicyclic amines) is 1. The molecule has 1 amide bonds. The molecule has 2 atom stereocenters. The van der Waals surface area contributed by atoms with Gasteiger partial charge in [0, 0.05) is 19.0 Å². The summed E-state index contributed by atoms with van der Waals surface area (Å²) < 4.78 is 0. The summed E-state index contributed by atoms with van der Waals surface area (Å²) in [4.78, 5) is 25.2. The van der Waals surface area contributed by atoms with Gasteiger partial charge in [0.05, 0.1) is 11.7 Å². The molecule has 154 valence electrons. The number of carbonyl (C=O) groups excluding carboxylic acids is 1. The Kier molecular flexibility index (Phi) is 7.42.